The number of hydrogen-bond donors (Lipinski definition) is 0. The first-order valence-corrected chi connectivity index (χ1v) is 5.03. The smallest absolute Gasteiger partial charge is 0.0500 e. The highest BCUT2D eigenvalue weighted by molar-refractivity contribution is 4.94. The molecule has 0 aromatic heterocycles. The summed E-state index contributed by atoms with van der Waals surface area (Å²) in [5.41, 5.74) is 0. The normalized spacial score (nSPS) is 54.5. The van der Waals surface area contributed by atoms with Crippen molar-refractivity contribution in [2.75, 3.05) is 13.2 Å². The van der Waals surface area contributed by atoms with E-state index in [1.807, 2.05) is 0 Å². The third-order valence-corrected chi connectivity index (χ3v) is 4.20. The maximum atomic E-state index is 5.57. The van der Waals surface area contributed by atoms with Gasteiger partial charge in [0.05, 0.1) is 13.2 Å². The van der Waals surface area contributed by atoms with Crippen molar-refractivity contribution >= 4 is 0 Å². The maximum Gasteiger partial charge on any atom is 0.0500 e. The Morgan fingerprint density at radius 2 is 1.18 bits per heavy atom. The van der Waals surface area contributed by atoms with Crippen molar-refractivity contribution in [3.05, 3.63) is 0 Å². The molecular weight excluding hydrogens is 136 g/mol. The summed E-state index contributed by atoms with van der Waals surface area (Å²) in [6.07, 6.45) is 6.04. The van der Waals surface area contributed by atoms with E-state index < -0.39 is 0 Å². The molecule has 1 heterocycles. The SMILES string of the molecule is C1CC2CCC1C1COCC21. The average Bonchev–Trinajstić information content (AvgIpc) is 2.55. The van der Waals surface area contributed by atoms with E-state index in [-0.39, 0.29) is 0 Å². The Hall–Kier alpha value is -0.0400. The van der Waals surface area contributed by atoms with E-state index in [0.29, 0.717) is 0 Å². The van der Waals surface area contributed by atoms with E-state index in [0.717, 1.165) is 36.9 Å². The molecule has 1 heteroatoms. The molecular formula is C10H16O. The minimum atomic E-state index is 0.975. The molecule has 0 N–H and O–H groups in total. The fraction of sp³-hybridized carbons (Fsp3) is 1.00. The van der Waals surface area contributed by atoms with Gasteiger partial charge < -0.3 is 4.74 Å². The topological polar surface area (TPSA) is 9.23 Å². The Bertz CT molecular complexity index is 140. The maximum absolute atomic E-state index is 5.57. The van der Waals surface area contributed by atoms with Gasteiger partial charge in [-0.25, -0.2) is 0 Å². The molecule has 3 aliphatic carbocycles. The highest BCUT2D eigenvalue weighted by atomic mass is 16.5. The van der Waals surface area contributed by atoms with Gasteiger partial charge in [-0.1, -0.05) is 0 Å². The molecule has 3 saturated carbocycles. The van der Waals surface area contributed by atoms with Crippen LogP contribution in [0.4, 0.5) is 0 Å². The van der Waals surface area contributed by atoms with Crippen molar-refractivity contribution < 1.29 is 4.74 Å². The summed E-state index contributed by atoms with van der Waals surface area (Å²) in [5, 5.41) is 0. The monoisotopic (exact) mass is 152 g/mol. The van der Waals surface area contributed by atoms with Gasteiger partial charge in [0, 0.05) is 0 Å². The van der Waals surface area contributed by atoms with E-state index in [4.69, 9.17) is 4.74 Å². The molecule has 1 nitrogen and oxygen atoms in total. The standard InChI is InChI=1S/C10H16O/c1-2-8-4-3-7(1)9-5-11-6-10(8)9/h7-10H,1-6H2. The molecule has 0 spiro atoms. The van der Waals surface area contributed by atoms with Gasteiger partial charge in [-0.15, -0.1) is 0 Å². The lowest BCUT2D eigenvalue weighted by Crippen LogP contribution is -2.38. The molecule has 0 radical (unpaired) electrons. The third kappa shape index (κ3) is 0.807. The molecule has 2 bridgehead atoms. The molecule has 4 rings (SSSR count). The Morgan fingerprint density at radius 1 is 0.727 bits per heavy atom. The van der Waals surface area contributed by atoms with Gasteiger partial charge in [-0.3, -0.25) is 0 Å². The zero-order valence-electron chi connectivity index (χ0n) is 6.96. The van der Waals surface area contributed by atoms with E-state index in [1.54, 1.807) is 0 Å². The van der Waals surface area contributed by atoms with Crippen LogP contribution in [0.1, 0.15) is 25.7 Å². The summed E-state index contributed by atoms with van der Waals surface area (Å²) < 4.78 is 5.57. The van der Waals surface area contributed by atoms with Gasteiger partial charge in [-0.2, -0.15) is 0 Å². The third-order valence-electron chi connectivity index (χ3n) is 4.20. The van der Waals surface area contributed by atoms with Crippen molar-refractivity contribution in [1.29, 1.82) is 0 Å². The van der Waals surface area contributed by atoms with Crippen LogP contribution in [0.5, 0.6) is 0 Å². The first kappa shape index (κ1) is 6.47. The Labute approximate surface area is 68.1 Å². The molecule has 0 aromatic rings. The minimum Gasteiger partial charge on any atom is -0.381 e. The molecule has 2 unspecified atom stereocenters. The largest absolute Gasteiger partial charge is 0.381 e. The van der Waals surface area contributed by atoms with Crippen LogP contribution in [0.15, 0.2) is 0 Å². The fourth-order valence-electron chi connectivity index (χ4n) is 3.56. The van der Waals surface area contributed by atoms with Gasteiger partial charge in [0.2, 0.25) is 0 Å². The van der Waals surface area contributed by atoms with E-state index in [9.17, 15) is 0 Å². The lowest BCUT2D eigenvalue weighted by molar-refractivity contribution is 0.0577. The van der Waals surface area contributed by atoms with Crippen LogP contribution in [0.3, 0.4) is 0 Å². The molecule has 0 aromatic carbocycles. The molecule has 1 saturated heterocycles. The highest BCUT2D eigenvalue weighted by Gasteiger charge is 2.46. The van der Waals surface area contributed by atoms with Gasteiger partial charge >= 0.3 is 0 Å². The highest BCUT2D eigenvalue weighted by Crippen LogP contribution is 2.51. The van der Waals surface area contributed by atoms with Crippen molar-refractivity contribution in [3.63, 3.8) is 0 Å². The predicted octanol–water partition coefficient (Wildman–Crippen LogP) is 2.07. The summed E-state index contributed by atoms with van der Waals surface area (Å²) in [5.74, 6) is 4.05. The minimum absolute atomic E-state index is 0.975. The molecule has 0 amide bonds. The Morgan fingerprint density at radius 3 is 1.64 bits per heavy atom. The second-order valence-corrected chi connectivity index (χ2v) is 4.54. The van der Waals surface area contributed by atoms with Crippen molar-refractivity contribution in [2.24, 2.45) is 23.7 Å². The predicted molar refractivity (Wildman–Crippen MR) is 43.2 cm³/mol. The molecule has 4 aliphatic rings. The quantitative estimate of drug-likeness (QED) is 0.516. The van der Waals surface area contributed by atoms with Gasteiger partial charge in [-0.05, 0) is 49.4 Å². The second kappa shape index (κ2) is 2.22. The number of hydrogen-bond acceptors (Lipinski definition) is 1. The zero-order valence-corrected chi connectivity index (χ0v) is 6.96. The van der Waals surface area contributed by atoms with E-state index in [1.165, 1.54) is 25.7 Å². The molecule has 1 aliphatic heterocycles. The summed E-state index contributed by atoms with van der Waals surface area (Å²) in [6.45, 7) is 2.18. The van der Waals surface area contributed by atoms with Crippen LogP contribution in [0.25, 0.3) is 0 Å². The summed E-state index contributed by atoms with van der Waals surface area (Å²) in [7, 11) is 0. The number of ether oxygens (including phenoxy) is 1. The molecule has 4 fully saturated rings. The average molecular weight is 152 g/mol. The Balaban J connectivity index is 1.89. The van der Waals surface area contributed by atoms with Gasteiger partial charge in [0.15, 0.2) is 0 Å². The lowest BCUT2D eigenvalue weighted by Gasteiger charge is -2.44. The van der Waals surface area contributed by atoms with Crippen LogP contribution in [0, 0.1) is 23.7 Å². The van der Waals surface area contributed by atoms with Gasteiger partial charge in [0.1, 0.15) is 0 Å². The summed E-state index contributed by atoms with van der Waals surface area (Å²) in [6, 6.07) is 0. The lowest BCUT2D eigenvalue weighted by atomic mass is 9.60. The molecule has 62 valence electrons. The van der Waals surface area contributed by atoms with Crippen LogP contribution in [0.2, 0.25) is 0 Å². The van der Waals surface area contributed by atoms with Crippen molar-refractivity contribution in [1.82, 2.24) is 0 Å². The number of rotatable bonds is 0. The Kier molecular flexibility index (Phi) is 1.31. The van der Waals surface area contributed by atoms with Crippen LogP contribution >= 0.6 is 0 Å². The zero-order chi connectivity index (χ0) is 7.26. The number of fused-ring (bicyclic) bond motifs is 2. The van der Waals surface area contributed by atoms with E-state index in [2.05, 4.69) is 0 Å². The van der Waals surface area contributed by atoms with Crippen LogP contribution in [-0.4, -0.2) is 13.2 Å². The summed E-state index contributed by atoms with van der Waals surface area (Å²) in [4.78, 5) is 0. The van der Waals surface area contributed by atoms with Crippen molar-refractivity contribution in [2.45, 2.75) is 25.7 Å². The first-order valence-electron chi connectivity index (χ1n) is 5.03. The first-order chi connectivity index (χ1) is 5.45. The molecule has 11 heavy (non-hydrogen) atoms. The van der Waals surface area contributed by atoms with Crippen molar-refractivity contribution in [3.8, 4) is 0 Å². The summed E-state index contributed by atoms with van der Waals surface area (Å²) >= 11 is 0. The van der Waals surface area contributed by atoms with Crippen LogP contribution in [-0.2, 0) is 4.74 Å². The van der Waals surface area contributed by atoms with E-state index >= 15 is 0 Å². The fourth-order valence-corrected chi connectivity index (χ4v) is 3.56. The second-order valence-electron chi connectivity index (χ2n) is 4.54. The van der Waals surface area contributed by atoms with Crippen LogP contribution < -0.4 is 0 Å². The molecule has 2 atom stereocenters. The van der Waals surface area contributed by atoms with Gasteiger partial charge in [0.25, 0.3) is 0 Å².